The van der Waals surface area contributed by atoms with E-state index < -0.39 is 0 Å². The first kappa shape index (κ1) is 41.4. The van der Waals surface area contributed by atoms with Crippen LogP contribution in [0.2, 0.25) is 0 Å². The Labute approximate surface area is 226 Å². The van der Waals surface area contributed by atoms with Crippen molar-refractivity contribution in [1.29, 1.82) is 0 Å². The first-order valence-electron chi connectivity index (χ1n) is 13.7. The predicted molar refractivity (Wildman–Crippen MR) is 169 cm³/mol. The molecule has 2 aliphatic carbocycles. The summed E-state index contributed by atoms with van der Waals surface area (Å²) in [5.41, 5.74) is 6.71. The van der Waals surface area contributed by atoms with Crippen LogP contribution in [0.15, 0.2) is 34.4 Å². The quantitative estimate of drug-likeness (QED) is 0.366. The van der Waals surface area contributed by atoms with Gasteiger partial charge in [0.05, 0.1) is 0 Å². The van der Waals surface area contributed by atoms with Gasteiger partial charge in [0.2, 0.25) is 0 Å². The summed E-state index contributed by atoms with van der Waals surface area (Å²) in [7, 11) is 0. The van der Waals surface area contributed by atoms with Crippen molar-refractivity contribution >= 4 is 0 Å². The average Bonchev–Trinajstić information content (AvgIpc) is 2.75. The van der Waals surface area contributed by atoms with Crippen LogP contribution >= 0.6 is 0 Å². The van der Waals surface area contributed by atoms with Crippen LogP contribution in [0.5, 0.6) is 0 Å². The van der Waals surface area contributed by atoms with E-state index in [1.54, 1.807) is 11.1 Å². The molecule has 2 atom stereocenters. The van der Waals surface area contributed by atoms with E-state index in [1.807, 2.05) is 0 Å². The van der Waals surface area contributed by atoms with Gasteiger partial charge in [0.25, 0.3) is 0 Å². The molecule has 0 aromatic heterocycles. The van der Waals surface area contributed by atoms with E-state index in [9.17, 15) is 0 Å². The molecule has 0 saturated heterocycles. The molecule has 35 heavy (non-hydrogen) atoms. The average molecular weight is 493 g/mol. The second-order valence-electron chi connectivity index (χ2n) is 12.7. The maximum absolute atomic E-state index is 2.49. The van der Waals surface area contributed by atoms with Crippen molar-refractivity contribution in [3.63, 3.8) is 0 Å². The molecule has 0 saturated carbocycles. The van der Waals surface area contributed by atoms with Crippen molar-refractivity contribution in [3.8, 4) is 0 Å². The Morgan fingerprint density at radius 1 is 0.714 bits per heavy atom. The highest BCUT2D eigenvalue weighted by atomic mass is 14.6. The molecule has 0 spiro atoms. The molecule has 0 amide bonds. The molecule has 0 aromatic rings. The lowest BCUT2D eigenvalue weighted by Gasteiger charge is -2.55. The van der Waals surface area contributed by atoms with E-state index in [2.05, 4.69) is 116 Å². The smallest absolute Gasteiger partial charge is 0.00515 e. The highest BCUT2D eigenvalue weighted by Crippen LogP contribution is 2.61. The fourth-order valence-corrected chi connectivity index (χ4v) is 5.82. The van der Waals surface area contributed by atoms with E-state index >= 15 is 0 Å². The highest BCUT2D eigenvalue weighted by molar-refractivity contribution is 5.51. The second-order valence-corrected chi connectivity index (χ2v) is 12.7. The Hall–Kier alpha value is -0.780. The van der Waals surface area contributed by atoms with Gasteiger partial charge >= 0.3 is 0 Å². The zero-order valence-corrected chi connectivity index (χ0v) is 24.9. The fourth-order valence-electron chi connectivity index (χ4n) is 5.82. The van der Waals surface area contributed by atoms with E-state index in [0.29, 0.717) is 11.8 Å². The molecule has 0 heterocycles. The summed E-state index contributed by atoms with van der Waals surface area (Å²) in [4.78, 5) is 0. The van der Waals surface area contributed by atoms with Crippen LogP contribution in [0.1, 0.15) is 158 Å². The third-order valence-corrected chi connectivity index (χ3v) is 8.41. The summed E-state index contributed by atoms with van der Waals surface area (Å²) in [6, 6.07) is 0. The summed E-state index contributed by atoms with van der Waals surface area (Å²) in [6.07, 6.45) is 11.8. The summed E-state index contributed by atoms with van der Waals surface area (Å²) >= 11 is 0. The molecule has 2 aliphatic rings. The summed E-state index contributed by atoms with van der Waals surface area (Å²) in [5.74, 6) is 2.27. The Morgan fingerprint density at radius 3 is 1.46 bits per heavy atom. The molecule has 0 bridgehead atoms. The molecule has 0 nitrogen and oxygen atoms in total. The van der Waals surface area contributed by atoms with Crippen molar-refractivity contribution in [2.75, 3.05) is 0 Å². The Kier molecular flexibility index (Phi) is 19.9. The summed E-state index contributed by atoms with van der Waals surface area (Å²) in [6.45, 7) is 35.2. The molecule has 0 fully saturated rings. The van der Waals surface area contributed by atoms with Gasteiger partial charge in [-0.2, -0.15) is 0 Å². The van der Waals surface area contributed by atoms with Crippen molar-refractivity contribution in [2.24, 2.45) is 34.0 Å². The predicted octanol–water partition coefficient (Wildman–Crippen LogP) is 13.1. The molecule has 0 heteroatoms. The van der Waals surface area contributed by atoms with Gasteiger partial charge in [0.15, 0.2) is 0 Å². The topological polar surface area (TPSA) is 0 Å². The molecule has 0 aliphatic heterocycles. The zero-order chi connectivity index (χ0) is 25.5. The number of allylic oxidation sites excluding steroid dienone is 6. The number of hydrogen-bond donors (Lipinski definition) is 0. The fraction of sp³-hybridized carbons (Fsp3) is 0.829. The molecule has 0 radical (unpaired) electrons. The third-order valence-electron chi connectivity index (χ3n) is 8.41. The van der Waals surface area contributed by atoms with Gasteiger partial charge in [-0.3, -0.25) is 0 Å². The molecular weight excluding hydrogens is 420 g/mol. The first-order chi connectivity index (χ1) is 14.5. The molecule has 2 unspecified atom stereocenters. The highest BCUT2D eigenvalue weighted by Gasteiger charge is 2.51. The minimum Gasteiger partial charge on any atom is -0.0776 e. The van der Waals surface area contributed by atoms with Crippen LogP contribution in [0.3, 0.4) is 0 Å². The van der Waals surface area contributed by atoms with Crippen LogP contribution in [0.4, 0.5) is 0 Å². The third kappa shape index (κ3) is 10.6. The van der Waals surface area contributed by atoms with Crippen LogP contribution in [0, 0.1) is 34.0 Å². The van der Waals surface area contributed by atoms with Crippen molar-refractivity contribution < 1.29 is 0 Å². The number of hydrogen-bond acceptors (Lipinski definition) is 0. The number of rotatable bonds is 4. The van der Waals surface area contributed by atoms with Gasteiger partial charge < -0.3 is 0 Å². The molecule has 0 N–H and O–H groups in total. The molecule has 2 rings (SSSR count). The lowest BCUT2D eigenvalue weighted by molar-refractivity contribution is 0.0806. The lowest BCUT2D eigenvalue weighted by Crippen LogP contribution is -2.46. The normalized spacial score (nSPS) is 23.2. The maximum Gasteiger partial charge on any atom is 0.00515 e. The standard InChI is InChI=1S/C21H34.C6H14.C5H12.3CH4/c1-13-11-17-18(19(5,6)12-14(13)2)21(9,10)16(4)15(3)20(17,7)8;1-4-5-6(2)3;1-3-5-4-2;;;/h11-12,15-16H,1-10H3;6H,4-5H2,1-3H3;3-5H2,1-2H3;3*1H4. The number of unbranched alkanes of at least 4 members (excludes halogenated alkanes) is 2. The second kappa shape index (κ2) is 16.9. The zero-order valence-electron chi connectivity index (χ0n) is 24.9. The van der Waals surface area contributed by atoms with E-state index in [-0.39, 0.29) is 38.5 Å². The van der Waals surface area contributed by atoms with Gasteiger partial charge in [0.1, 0.15) is 0 Å². The largest absolute Gasteiger partial charge is 0.0776 e. The van der Waals surface area contributed by atoms with Crippen molar-refractivity contribution in [2.45, 2.75) is 158 Å². The monoisotopic (exact) mass is 493 g/mol. The van der Waals surface area contributed by atoms with E-state index in [1.165, 1.54) is 43.3 Å². The van der Waals surface area contributed by atoms with Gasteiger partial charge in [-0.05, 0) is 53.6 Å². The van der Waals surface area contributed by atoms with Crippen LogP contribution in [-0.2, 0) is 0 Å². The minimum atomic E-state index is 0. The van der Waals surface area contributed by atoms with Gasteiger partial charge in [-0.15, -0.1) is 0 Å². The summed E-state index contributed by atoms with van der Waals surface area (Å²) in [5, 5.41) is 0. The SMILES string of the molecule is C.C.C.CC1=CC2=C(C(C)(C)C=C1C)C(C)(C)C(C)C(C)C2(C)C.CCCC(C)C.CCCCC. The Balaban J connectivity index is -0.000000291. The van der Waals surface area contributed by atoms with Gasteiger partial charge in [-0.1, -0.05) is 168 Å². The van der Waals surface area contributed by atoms with Crippen LogP contribution < -0.4 is 0 Å². The lowest BCUT2D eigenvalue weighted by atomic mass is 9.49. The van der Waals surface area contributed by atoms with E-state index in [0.717, 1.165) is 5.92 Å². The van der Waals surface area contributed by atoms with Gasteiger partial charge in [-0.25, -0.2) is 0 Å². The maximum atomic E-state index is 2.49. The van der Waals surface area contributed by atoms with Crippen molar-refractivity contribution in [1.82, 2.24) is 0 Å². The molecule has 0 aromatic carbocycles. The minimum absolute atomic E-state index is 0. The van der Waals surface area contributed by atoms with Crippen molar-refractivity contribution in [3.05, 3.63) is 34.4 Å². The molecule has 212 valence electrons. The van der Waals surface area contributed by atoms with Gasteiger partial charge in [0, 0.05) is 5.41 Å². The summed E-state index contributed by atoms with van der Waals surface area (Å²) < 4.78 is 0. The Bertz CT molecular complexity index is 658. The van der Waals surface area contributed by atoms with Crippen LogP contribution in [-0.4, -0.2) is 0 Å². The van der Waals surface area contributed by atoms with Crippen LogP contribution in [0.25, 0.3) is 0 Å². The first-order valence-corrected chi connectivity index (χ1v) is 13.7. The molecular formula is C35H72. The Morgan fingerprint density at radius 2 is 1.14 bits per heavy atom. The van der Waals surface area contributed by atoms with E-state index in [4.69, 9.17) is 0 Å².